The molecule has 0 aliphatic heterocycles. The van der Waals surface area contributed by atoms with Gasteiger partial charge in [0.15, 0.2) is 0 Å². The molecule has 0 N–H and O–H groups in total. The molecule has 1 aliphatic carbocycles. The second-order valence-electron chi connectivity index (χ2n) is 4.02. The summed E-state index contributed by atoms with van der Waals surface area (Å²) in [5, 5.41) is 0. The van der Waals surface area contributed by atoms with E-state index in [-0.39, 0.29) is 0 Å². The van der Waals surface area contributed by atoms with Crippen LogP contribution in [-0.2, 0) is 0 Å². The molecule has 1 fully saturated rings. The molecule has 0 radical (unpaired) electrons. The summed E-state index contributed by atoms with van der Waals surface area (Å²) in [4.78, 5) is 0. The second-order valence-corrected chi connectivity index (χ2v) is 4.93. The fourth-order valence-electron chi connectivity index (χ4n) is 2.12. The molecular weight excluding hydrogens is 164 g/mol. The molecule has 0 aromatic rings. The monoisotopic (exact) mass is 186 g/mol. The van der Waals surface area contributed by atoms with E-state index in [0.29, 0.717) is 0 Å². The molecule has 72 valence electrons. The van der Waals surface area contributed by atoms with Gasteiger partial charge in [0, 0.05) is 0 Å². The minimum absolute atomic E-state index is 1.04. The van der Waals surface area contributed by atoms with Crippen molar-refractivity contribution in [3.8, 4) is 0 Å². The fraction of sp³-hybridized carbons (Fsp3) is 1.00. The zero-order valence-electron chi connectivity index (χ0n) is 8.35. The average molecular weight is 186 g/mol. The van der Waals surface area contributed by atoms with Gasteiger partial charge in [-0.05, 0) is 30.8 Å². The van der Waals surface area contributed by atoms with Gasteiger partial charge < -0.3 is 0 Å². The molecule has 0 aromatic carbocycles. The van der Waals surface area contributed by atoms with Crippen molar-refractivity contribution >= 4 is 11.8 Å². The van der Waals surface area contributed by atoms with Gasteiger partial charge in [-0.15, -0.1) is 0 Å². The van der Waals surface area contributed by atoms with Crippen LogP contribution < -0.4 is 0 Å². The topological polar surface area (TPSA) is 0 Å². The molecule has 1 aliphatic rings. The molecule has 0 amide bonds. The van der Waals surface area contributed by atoms with Crippen molar-refractivity contribution in [2.75, 3.05) is 12.0 Å². The number of hydrogen-bond acceptors (Lipinski definition) is 1. The summed E-state index contributed by atoms with van der Waals surface area (Å²) in [6.07, 6.45) is 14.2. The summed E-state index contributed by atoms with van der Waals surface area (Å²) < 4.78 is 0. The van der Waals surface area contributed by atoms with E-state index in [1.807, 2.05) is 11.8 Å². The van der Waals surface area contributed by atoms with Gasteiger partial charge in [0.05, 0.1) is 0 Å². The highest BCUT2D eigenvalue weighted by atomic mass is 32.2. The van der Waals surface area contributed by atoms with Crippen LogP contribution in [0.15, 0.2) is 0 Å². The van der Waals surface area contributed by atoms with E-state index in [2.05, 4.69) is 6.26 Å². The molecule has 0 spiro atoms. The molecule has 0 saturated heterocycles. The molecule has 1 rings (SSSR count). The van der Waals surface area contributed by atoms with E-state index in [9.17, 15) is 0 Å². The first-order valence-corrected chi connectivity index (χ1v) is 6.82. The van der Waals surface area contributed by atoms with Crippen molar-refractivity contribution in [3.63, 3.8) is 0 Å². The summed E-state index contributed by atoms with van der Waals surface area (Å²) in [5.41, 5.74) is 0. The normalized spacial score (nSPS) is 22.8. The first-order chi connectivity index (χ1) is 5.93. The highest BCUT2D eigenvalue weighted by Gasteiger charge is 2.09. The Morgan fingerprint density at radius 2 is 1.42 bits per heavy atom. The smallest absolute Gasteiger partial charge is 0.00419 e. The molecule has 1 saturated carbocycles. The molecule has 0 nitrogen and oxygen atoms in total. The van der Waals surface area contributed by atoms with Gasteiger partial charge in [0.25, 0.3) is 0 Å². The van der Waals surface area contributed by atoms with E-state index >= 15 is 0 Å². The predicted octanol–water partition coefficient (Wildman–Crippen LogP) is 4.10. The summed E-state index contributed by atoms with van der Waals surface area (Å²) in [5.74, 6) is 2.44. The van der Waals surface area contributed by atoms with Crippen molar-refractivity contribution < 1.29 is 0 Å². The number of thioether (sulfide) groups is 1. The average Bonchev–Trinajstić information content (AvgIpc) is 2.19. The second kappa shape index (κ2) is 6.82. The standard InChI is InChI=1S/C11H22S/c1-12-10-11-8-6-4-2-3-5-7-9-11/h11H,2-10H2,1H3. The minimum atomic E-state index is 1.04. The van der Waals surface area contributed by atoms with Crippen LogP contribution in [0.1, 0.15) is 51.4 Å². The van der Waals surface area contributed by atoms with Gasteiger partial charge in [-0.3, -0.25) is 0 Å². The minimum Gasteiger partial charge on any atom is -0.165 e. The lowest BCUT2D eigenvalue weighted by molar-refractivity contribution is 0.472. The van der Waals surface area contributed by atoms with Crippen LogP contribution in [0.4, 0.5) is 0 Å². The zero-order valence-corrected chi connectivity index (χ0v) is 9.17. The van der Waals surface area contributed by atoms with Crippen molar-refractivity contribution in [1.82, 2.24) is 0 Å². The van der Waals surface area contributed by atoms with Crippen LogP contribution >= 0.6 is 11.8 Å². The van der Waals surface area contributed by atoms with Crippen LogP contribution in [-0.4, -0.2) is 12.0 Å². The fourth-order valence-corrected chi connectivity index (χ4v) is 2.92. The van der Waals surface area contributed by atoms with Crippen molar-refractivity contribution in [2.45, 2.75) is 51.4 Å². The Bertz CT molecular complexity index is 91.2. The van der Waals surface area contributed by atoms with Crippen LogP contribution in [0.3, 0.4) is 0 Å². The van der Waals surface area contributed by atoms with Gasteiger partial charge in [0.2, 0.25) is 0 Å². The van der Waals surface area contributed by atoms with E-state index in [0.717, 1.165) is 5.92 Å². The van der Waals surface area contributed by atoms with Crippen molar-refractivity contribution in [3.05, 3.63) is 0 Å². The van der Waals surface area contributed by atoms with Gasteiger partial charge in [-0.1, -0.05) is 38.5 Å². The highest BCUT2D eigenvalue weighted by molar-refractivity contribution is 7.98. The molecule has 12 heavy (non-hydrogen) atoms. The first kappa shape index (κ1) is 10.4. The third kappa shape index (κ3) is 4.39. The molecule has 0 atom stereocenters. The molecule has 0 bridgehead atoms. The van der Waals surface area contributed by atoms with Gasteiger partial charge in [-0.25, -0.2) is 0 Å². The number of hydrogen-bond donors (Lipinski definition) is 0. The van der Waals surface area contributed by atoms with E-state index < -0.39 is 0 Å². The van der Waals surface area contributed by atoms with Crippen LogP contribution in [0.2, 0.25) is 0 Å². The van der Waals surface area contributed by atoms with E-state index in [1.54, 1.807) is 0 Å². The summed E-state index contributed by atoms with van der Waals surface area (Å²) >= 11 is 2.03. The SMILES string of the molecule is CSCC1CCCCCCCC1. The Hall–Kier alpha value is 0.350. The Kier molecular flexibility index (Phi) is 5.93. The third-order valence-electron chi connectivity index (χ3n) is 2.88. The molecule has 0 aromatic heterocycles. The van der Waals surface area contributed by atoms with E-state index in [4.69, 9.17) is 0 Å². The molecule has 0 heterocycles. The van der Waals surface area contributed by atoms with Crippen LogP contribution in [0, 0.1) is 5.92 Å². The largest absolute Gasteiger partial charge is 0.165 e. The summed E-state index contributed by atoms with van der Waals surface area (Å²) in [6.45, 7) is 0. The van der Waals surface area contributed by atoms with Crippen LogP contribution in [0.5, 0.6) is 0 Å². The highest BCUT2D eigenvalue weighted by Crippen LogP contribution is 2.23. The molecular formula is C11H22S. The van der Waals surface area contributed by atoms with Gasteiger partial charge in [-0.2, -0.15) is 11.8 Å². The Morgan fingerprint density at radius 3 is 1.92 bits per heavy atom. The maximum Gasteiger partial charge on any atom is -0.00419 e. The summed E-state index contributed by atoms with van der Waals surface area (Å²) in [6, 6.07) is 0. The predicted molar refractivity (Wildman–Crippen MR) is 58.8 cm³/mol. The lowest BCUT2D eigenvalue weighted by Gasteiger charge is -2.13. The van der Waals surface area contributed by atoms with Gasteiger partial charge in [0.1, 0.15) is 0 Å². The quantitative estimate of drug-likeness (QED) is 0.625. The zero-order chi connectivity index (χ0) is 8.65. The maximum absolute atomic E-state index is 2.24. The van der Waals surface area contributed by atoms with Gasteiger partial charge >= 0.3 is 0 Å². The maximum atomic E-state index is 2.24. The Morgan fingerprint density at radius 1 is 0.917 bits per heavy atom. The van der Waals surface area contributed by atoms with Crippen molar-refractivity contribution in [2.24, 2.45) is 5.92 Å². The lowest BCUT2D eigenvalue weighted by Crippen LogP contribution is -2.02. The number of rotatable bonds is 2. The first-order valence-electron chi connectivity index (χ1n) is 5.42. The van der Waals surface area contributed by atoms with Crippen LogP contribution in [0.25, 0.3) is 0 Å². The van der Waals surface area contributed by atoms with Crippen molar-refractivity contribution in [1.29, 1.82) is 0 Å². The third-order valence-corrected chi connectivity index (χ3v) is 3.68. The molecule has 0 unspecified atom stereocenters. The Labute approximate surface area is 81.5 Å². The Balaban J connectivity index is 2.19. The molecule has 1 heteroatoms. The summed E-state index contributed by atoms with van der Waals surface area (Å²) in [7, 11) is 0. The lowest BCUT2D eigenvalue weighted by atomic mass is 9.99. The van der Waals surface area contributed by atoms with E-state index in [1.165, 1.54) is 57.1 Å².